The van der Waals surface area contributed by atoms with Crippen LogP contribution in [0.25, 0.3) is 6.08 Å². The number of carboxylic acid groups (broad SMARTS) is 1. The quantitative estimate of drug-likeness (QED) is 0.461. The molecular weight excluding hydrogens is 440 g/mol. The molecular formula is C25H20N2O7. The van der Waals surface area contributed by atoms with E-state index in [2.05, 4.69) is 10.6 Å². The average Bonchev–Trinajstić information content (AvgIpc) is 3.32. The summed E-state index contributed by atoms with van der Waals surface area (Å²) in [5.41, 5.74) is 1.36. The molecule has 3 aromatic rings. The van der Waals surface area contributed by atoms with Gasteiger partial charge in [0.05, 0.1) is 12.7 Å². The van der Waals surface area contributed by atoms with Crippen molar-refractivity contribution in [3.8, 4) is 17.2 Å². The first-order valence-electron chi connectivity index (χ1n) is 10.1. The molecule has 0 aliphatic carbocycles. The van der Waals surface area contributed by atoms with Crippen molar-refractivity contribution in [2.45, 2.75) is 0 Å². The number of carboxylic acids is 1. The van der Waals surface area contributed by atoms with Gasteiger partial charge in [0, 0.05) is 11.3 Å². The van der Waals surface area contributed by atoms with Crippen molar-refractivity contribution in [3.05, 3.63) is 89.1 Å². The normalized spacial score (nSPS) is 12.1. The minimum Gasteiger partial charge on any atom is -0.497 e. The zero-order chi connectivity index (χ0) is 24.1. The number of rotatable bonds is 7. The lowest BCUT2D eigenvalue weighted by Gasteiger charge is -2.12. The highest BCUT2D eigenvalue weighted by Gasteiger charge is 2.17. The Kier molecular flexibility index (Phi) is 6.45. The molecule has 0 radical (unpaired) electrons. The van der Waals surface area contributed by atoms with E-state index in [1.54, 1.807) is 42.5 Å². The van der Waals surface area contributed by atoms with Crippen LogP contribution in [0.1, 0.15) is 26.3 Å². The van der Waals surface area contributed by atoms with Crippen molar-refractivity contribution >= 4 is 29.5 Å². The third-order valence-electron chi connectivity index (χ3n) is 4.94. The van der Waals surface area contributed by atoms with Crippen molar-refractivity contribution in [2.75, 3.05) is 19.2 Å². The van der Waals surface area contributed by atoms with Gasteiger partial charge >= 0.3 is 5.97 Å². The van der Waals surface area contributed by atoms with Gasteiger partial charge in [-0.2, -0.15) is 0 Å². The van der Waals surface area contributed by atoms with Crippen LogP contribution in [0.3, 0.4) is 0 Å². The van der Waals surface area contributed by atoms with Crippen molar-refractivity contribution in [1.29, 1.82) is 0 Å². The van der Waals surface area contributed by atoms with Gasteiger partial charge in [-0.3, -0.25) is 9.59 Å². The third-order valence-corrected chi connectivity index (χ3v) is 4.94. The first kappa shape index (κ1) is 22.4. The van der Waals surface area contributed by atoms with Crippen molar-refractivity contribution in [3.63, 3.8) is 0 Å². The second-order valence-electron chi connectivity index (χ2n) is 7.19. The summed E-state index contributed by atoms with van der Waals surface area (Å²) in [6, 6.07) is 17.2. The Morgan fingerprint density at radius 1 is 0.912 bits per heavy atom. The Bertz CT molecular complexity index is 1270. The van der Waals surface area contributed by atoms with Gasteiger partial charge in [-0.05, 0) is 72.3 Å². The number of methoxy groups -OCH3 is 1. The molecule has 0 saturated heterocycles. The molecule has 0 aromatic heterocycles. The molecule has 9 nitrogen and oxygen atoms in total. The Hall–Kier alpha value is -4.79. The number of fused-ring (bicyclic) bond motifs is 1. The number of carbonyl (C=O) groups excluding carboxylic acids is 2. The number of hydrogen-bond acceptors (Lipinski definition) is 6. The Morgan fingerprint density at radius 2 is 1.59 bits per heavy atom. The lowest BCUT2D eigenvalue weighted by Crippen LogP contribution is -2.30. The van der Waals surface area contributed by atoms with E-state index in [-0.39, 0.29) is 18.1 Å². The smallest absolute Gasteiger partial charge is 0.335 e. The van der Waals surface area contributed by atoms with Crippen LogP contribution in [-0.4, -0.2) is 36.8 Å². The topological polar surface area (TPSA) is 123 Å². The first-order chi connectivity index (χ1) is 16.4. The zero-order valence-electron chi connectivity index (χ0n) is 18.0. The van der Waals surface area contributed by atoms with Crippen molar-refractivity contribution in [1.82, 2.24) is 5.32 Å². The number of ether oxygens (including phenoxy) is 3. The number of anilines is 1. The number of amides is 2. The monoisotopic (exact) mass is 460 g/mol. The van der Waals surface area contributed by atoms with E-state index < -0.39 is 17.8 Å². The zero-order valence-corrected chi connectivity index (χ0v) is 18.0. The lowest BCUT2D eigenvalue weighted by atomic mass is 10.1. The van der Waals surface area contributed by atoms with Crippen LogP contribution in [0.2, 0.25) is 0 Å². The van der Waals surface area contributed by atoms with E-state index in [1.807, 2.05) is 0 Å². The fourth-order valence-electron chi connectivity index (χ4n) is 3.16. The predicted octanol–water partition coefficient (Wildman–Crippen LogP) is 3.53. The number of aromatic carboxylic acids is 1. The van der Waals surface area contributed by atoms with Gasteiger partial charge in [0.15, 0.2) is 11.5 Å². The van der Waals surface area contributed by atoms with E-state index in [0.29, 0.717) is 34.1 Å². The van der Waals surface area contributed by atoms with Gasteiger partial charge in [-0.25, -0.2) is 4.79 Å². The van der Waals surface area contributed by atoms with Gasteiger partial charge in [0.2, 0.25) is 6.79 Å². The maximum atomic E-state index is 13.1. The molecule has 1 heterocycles. The van der Waals surface area contributed by atoms with Gasteiger partial charge in [0.1, 0.15) is 11.4 Å². The molecule has 0 bridgehead atoms. The van der Waals surface area contributed by atoms with Crippen LogP contribution < -0.4 is 24.8 Å². The van der Waals surface area contributed by atoms with E-state index in [1.165, 1.54) is 37.5 Å². The van der Waals surface area contributed by atoms with E-state index >= 15 is 0 Å². The number of benzene rings is 3. The summed E-state index contributed by atoms with van der Waals surface area (Å²) in [5.74, 6) is -0.458. The molecule has 1 aliphatic rings. The average molecular weight is 460 g/mol. The number of carbonyl (C=O) groups is 3. The molecule has 172 valence electrons. The molecule has 4 rings (SSSR count). The number of nitrogens with one attached hydrogen (secondary N) is 2. The summed E-state index contributed by atoms with van der Waals surface area (Å²) in [7, 11) is 1.52. The third kappa shape index (κ3) is 5.16. The summed E-state index contributed by atoms with van der Waals surface area (Å²) >= 11 is 0. The molecule has 0 spiro atoms. The Labute approximate surface area is 194 Å². The molecule has 3 N–H and O–H groups in total. The fraction of sp³-hybridized carbons (Fsp3) is 0.0800. The van der Waals surface area contributed by atoms with E-state index in [0.717, 1.165) is 0 Å². The summed E-state index contributed by atoms with van der Waals surface area (Å²) in [6.07, 6.45) is 1.50. The maximum Gasteiger partial charge on any atom is 0.335 e. The molecule has 9 heteroatoms. The molecule has 3 aromatic carbocycles. The molecule has 0 fully saturated rings. The highest BCUT2D eigenvalue weighted by Crippen LogP contribution is 2.33. The molecule has 2 amide bonds. The SMILES string of the molecule is COc1ccc(C(=O)N/C(=C\c2ccc3c(c2)OCO3)C(=O)Nc2ccc(C(=O)O)cc2)cc1. The lowest BCUT2D eigenvalue weighted by molar-refractivity contribution is -0.113. The number of hydrogen-bond donors (Lipinski definition) is 3. The second kappa shape index (κ2) is 9.78. The van der Waals surface area contributed by atoms with Gasteiger partial charge < -0.3 is 30.0 Å². The second-order valence-corrected chi connectivity index (χ2v) is 7.19. The highest BCUT2D eigenvalue weighted by atomic mass is 16.7. The highest BCUT2D eigenvalue weighted by molar-refractivity contribution is 6.10. The Balaban J connectivity index is 1.60. The first-order valence-corrected chi connectivity index (χ1v) is 10.1. The standard InChI is InChI=1S/C25H20N2O7/c1-32-19-9-5-16(6-10-19)23(28)27-20(12-15-2-11-21-22(13-15)34-14-33-21)24(29)26-18-7-3-17(4-8-18)25(30)31/h2-13H,14H2,1H3,(H,26,29)(H,27,28)(H,30,31)/b20-12-. The largest absolute Gasteiger partial charge is 0.497 e. The minimum absolute atomic E-state index is 0.0259. The van der Waals surface area contributed by atoms with Crippen LogP contribution >= 0.6 is 0 Å². The fourth-order valence-corrected chi connectivity index (χ4v) is 3.16. The molecule has 0 saturated carbocycles. The van der Waals surface area contributed by atoms with Crippen LogP contribution in [0.5, 0.6) is 17.2 Å². The maximum absolute atomic E-state index is 13.1. The van der Waals surface area contributed by atoms with Gasteiger partial charge in [-0.15, -0.1) is 0 Å². The molecule has 1 aliphatic heterocycles. The van der Waals surface area contributed by atoms with Crippen LogP contribution in [0.15, 0.2) is 72.4 Å². The van der Waals surface area contributed by atoms with Crippen LogP contribution in [0.4, 0.5) is 5.69 Å². The molecule has 0 unspecified atom stereocenters. The van der Waals surface area contributed by atoms with Crippen molar-refractivity contribution < 1.29 is 33.7 Å². The van der Waals surface area contributed by atoms with Gasteiger partial charge in [-0.1, -0.05) is 6.07 Å². The molecule has 0 atom stereocenters. The summed E-state index contributed by atoms with van der Waals surface area (Å²) in [6.45, 7) is 0.108. The summed E-state index contributed by atoms with van der Waals surface area (Å²) in [5, 5.41) is 14.4. The van der Waals surface area contributed by atoms with Crippen LogP contribution in [0, 0.1) is 0 Å². The summed E-state index contributed by atoms with van der Waals surface area (Å²) in [4.78, 5) is 36.9. The van der Waals surface area contributed by atoms with E-state index in [4.69, 9.17) is 19.3 Å². The Morgan fingerprint density at radius 3 is 2.26 bits per heavy atom. The predicted molar refractivity (Wildman–Crippen MR) is 123 cm³/mol. The van der Waals surface area contributed by atoms with Gasteiger partial charge in [0.25, 0.3) is 11.8 Å². The minimum atomic E-state index is -1.08. The van der Waals surface area contributed by atoms with Crippen molar-refractivity contribution in [2.24, 2.45) is 0 Å². The molecule has 34 heavy (non-hydrogen) atoms. The van der Waals surface area contributed by atoms with Crippen LogP contribution in [-0.2, 0) is 4.79 Å². The summed E-state index contributed by atoms with van der Waals surface area (Å²) < 4.78 is 15.8. The van der Waals surface area contributed by atoms with E-state index in [9.17, 15) is 14.4 Å².